The first kappa shape index (κ1) is 18.0. The Hall–Kier alpha value is -3.35. The predicted octanol–water partition coefficient (Wildman–Crippen LogP) is 6.14. The van der Waals surface area contributed by atoms with Gasteiger partial charge in [0.2, 0.25) is 0 Å². The van der Waals surface area contributed by atoms with Gasteiger partial charge in [-0.1, -0.05) is 12.1 Å². The summed E-state index contributed by atoms with van der Waals surface area (Å²) in [4.78, 5) is 4.33. The molecule has 0 spiro atoms. The van der Waals surface area contributed by atoms with Crippen molar-refractivity contribution in [2.75, 3.05) is 5.32 Å². The van der Waals surface area contributed by atoms with Crippen LogP contribution in [0.2, 0.25) is 0 Å². The second-order valence-electron chi connectivity index (χ2n) is 6.43. The van der Waals surface area contributed by atoms with E-state index in [1.807, 2.05) is 4.57 Å². The van der Waals surface area contributed by atoms with Crippen LogP contribution >= 0.6 is 0 Å². The Morgan fingerprint density at radius 3 is 2.43 bits per heavy atom. The molecule has 2 aromatic heterocycles. The average molecular weight is 385 g/mol. The molecule has 7 heteroatoms. The highest BCUT2D eigenvalue weighted by molar-refractivity contribution is 5.88. The molecule has 0 saturated heterocycles. The first-order valence-corrected chi connectivity index (χ1v) is 8.47. The van der Waals surface area contributed by atoms with E-state index in [4.69, 9.17) is 0 Å². The van der Waals surface area contributed by atoms with Gasteiger partial charge in [0.15, 0.2) is 0 Å². The maximum atomic E-state index is 13.0. The Bertz CT molecular complexity index is 1140. The summed E-state index contributed by atoms with van der Waals surface area (Å²) in [5, 5.41) is 3.89. The minimum absolute atomic E-state index is 0.331. The van der Waals surface area contributed by atoms with E-state index >= 15 is 0 Å². The number of alkyl halides is 3. The molecule has 0 atom stereocenters. The molecule has 0 bridgehead atoms. The number of nitrogens with zero attached hydrogens (tertiary/aromatic N) is 2. The smallest absolute Gasteiger partial charge is 0.343 e. The lowest BCUT2D eigenvalue weighted by molar-refractivity contribution is -0.137. The van der Waals surface area contributed by atoms with Crippen LogP contribution in [0.15, 0.2) is 66.9 Å². The second-order valence-corrected chi connectivity index (χ2v) is 6.43. The zero-order valence-corrected chi connectivity index (χ0v) is 14.8. The summed E-state index contributed by atoms with van der Waals surface area (Å²) in [6.45, 7) is 0. The van der Waals surface area contributed by atoms with E-state index < -0.39 is 11.7 Å². The number of aromatic nitrogens is 2. The first-order valence-electron chi connectivity index (χ1n) is 8.47. The summed E-state index contributed by atoms with van der Waals surface area (Å²) in [6, 6.07) is 14.7. The molecule has 0 aliphatic heterocycles. The average Bonchev–Trinajstić information content (AvgIpc) is 2.99. The van der Waals surface area contributed by atoms with Crippen molar-refractivity contribution in [2.45, 2.75) is 6.18 Å². The lowest BCUT2D eigenvalue weighted by Crippen LogP contribution is -2.04. The van der Waals surface area contributed by atoms with Gasteiger partial charge in [-0.3, -0.25) is 0 Å². The molecule has 0 unspecified atom stereocenters. The molecule has 0 fully saturated rings. The lowest BCUT2D eigenvalue weighted by Gasteiger charge is -2.10. The molecule has 0 aliphatic carbocycles. The van der Waals surface area contributed by atoms with Crippen LogP contribution in [0, 0.1) is 5.82 Å². The quantitative estimate of drug-likeness (QED) is 0.429. The molecule has 28 heavy (non-hydrogen) atoms. The highest BCUT2D eigenvalue weighted by Gasteiger charge is 2.30. The highest BCUT2D eigenvalue weighted by atomic mass is 19.4. The van der Waals surface area contributed by atoms with Crippen LogP contribution in [0.1, 0.15) is 5.56 Å². The van der Waals surface area contributed by atoms with E-state index in [2.05, 4.69) is 10.3 Å². The maximum absolute atomic E-state index is 13.0. The van der Waals surface area contributed by atoms with Crippen LogP contribution in [-0.4, -0.2) is 9.55 Å². The molecule has 2 aromatic carbocycles. The number of pyridine rings is 1. The largest absolute Gasteiger partial charge is 0.416 e. The third-order valence-corrected chi connectivity index (χ3v) is 4.53. The number of halogens is 4. The standard InChI is InChI=1S/C21H15F4N3/c1-28-18(13-3-2-4-15(9-13)21(23,24)25)10-14-12-26-20(11-19(14)28)27-17-7-5-16(22)6-8-17/h2-12H,1H3,(H,26,27). The highest BCUT2D eigenvalue weighted by Crippen LogP contribution is 2.34. The normalized spacial score (nSPS) is 11.8. The third-order valence-electron chi connectivity index (χ3n) is 4.53. The predicted molar refractivity (Wildman–Crippen MR) is 101 cm³/mol. The fourth-order valence-corrected chi connectivity index (χ4v) is 3.11. The number of anilines is 2. The van der Waals surface area contributed by atoms with E-state index in [1.165, 1.54) is 18.2 Å². The Kier molecular flexibility index (Phi) is 4.30. The summed E-state index contributed by atoms with van der Waals surface area (Å²) in [5.74, 6) is 0.220. The topological polar surface area (TPSA) is 29.9 Å². The number of rotatable bonds is 3. The zero-order valence-electron chi connectivity index (χ0n) is 14.8. The fraction of sp³-hybridized carbons (Fsp3) is 0.0952. The minimum Gasteiger partial charge on any atom is -0.343 e. The van der Waals surface area contributed by atoms with Crippen molar-refractivity contribution < 1.29 is 17.6 Å². The van der Waals surface area contributed by atoms with Gasteiger partial charge in [0.1, 0.15) is 11.6 Å². The number of aryl methyl sites for hydroxylation is 1. The van der Waals surface area contributed by atoms with Crippen molar-refractivity contribution in [3.05, 3.63) is 78.2 Å². The van der Waals surface area contributed by atoms with Gasteiger partial charge in [0, 0.05) is 36.1 Å². The Morgan fingerprint density at radius 2 is 1.71 bits per heavy atom. The number of fused-ring (bicyclic) bond motifs is 1. The van der Waals surface area contributed by atoms with E-state index in [-0.39, 0.29) is 5.82 Å². The van der Waals surface area contributed by atoms with Crippen LogP contribution < -0.4 is 5.32 Å². The number of hydrogen-bond acceptors (Lipinski definition) is 2. The molecule has 4 rings (SSSR count). The molecular formula is C21H15F4N3. The van der Waals surface area contributed by atoms with Crippen molar-refractivity contribution in [2.24, 2.45) is 7.05 Å². The van der Waals surface area contributed by atoms with Crippen LogP contribution in [0.3, 0.4) is 0 Å². The van der Waals surface area contributed by atoms with Gasteiger partial charge in [0.25, 0.3) is 0 Å². The number of benzene rings is 2. The second kappa shape index (κ2) is 6.67. The van der Waals surface area contributed by atoms with Gasteiger partial charge in [-0.15, -0.1) is 0 Å². The molecule has 3 nitrogen and oxygen atoms in total. The molecule has 1 N–H and O–H groups in total. The molecule has 2 heterocycles. The van der Waals surface area contributed by atoms with Crippen LogP contribution in [-0.2, 0) is 13.2 Å². The van der Waals surface area contributed by atoms with E-state index in [0.717, 1.165) is 23.0 Å². The van der Waals surface area contributed by atoms with Crippen LogP contribution in [0.4, 0.5) is 29.1 Å². The summed E-state index contributed by atoms with van der Waals surface area (Å²) >= 11 is 0. The summed E-state index contributed by atoms with van der Waals surface area (Å²) in [6.07, 6.45) is -2.74. The summed E-state index contributed by atoms with van der Waals surface area (Å²) < 4.78 is 53.9. The van der Waals surface area contributed by atoms with Crippen molar-refractivity contribution in [1.82, 2.24) is 9.55 Å². The van der Waals surface area contributed by atoms with Gasteiger partial charge < -0.3 is 9.88 Å². The van der Waals surface area contributed by atoms with Crippen LogP contribution in [0.25, 0.3) is 22.2 Å². The van der Waals surface area contributed by atoms with Crippen molar-refractivity contribution in [3.8, 4) is 11.3 Å². The minimum atomic E-state index is -4.39. The number of nitrogens with one attached hydrogen (secondary N) is 1. The van der Waals surface area contributed by atoms with Crippen molar-refractivity contribution >= 4 is 22.4 Å². The van der Waals surface area contributed by atoms with Gasteiger partial charge in [-0.2, -0.15) is 13.2 Å². The lowest BCUT2D eigenvalue weighted by atomic mass is 10.1. The van der Waals surface area contributed by atoms with Gasteiger partial charge >= 0.3 is 6.18 Å². The Balaban J connectivity index is 1.72. The van der Waals surface area contributed by atoms with Crippen molar-refractivity contribution in [3.63, 3.8) is 0 Å². The van der Waals surface area contributed by atoms with Crippen molar-refractivity contribution in [1.29, 1.82) is 0 Å². The van der Waals surface area contributed by atoms with Crippen LogP contribution in [0.5, 0.6) is 0 Å². The van der Waals surface area contributed by atoms with E-state index in [9.17, 15) is 17.6 Å². The van der Waals surface area contributed by atoms with Gasteiger partial charge in [-0.05, 0) is 48.0 Å². The Morgan fingerprint density at radius 1 is 0.964 bits per heavy atom. The van der Waals surface area contributed by atoms with E-state index in [0.29, 0.717) is 22.8 Å². The third kappa shape index (κ3) is 3.43. The maximum Gasteiger partial charge on any atom is 0.416 e. The van der Waals surface area contributed by atoms with Gasteiger partial charge in [0.05, 0.1) is 11.1 Å². The summed E-state index contributed by atoms with van der Waals surface area (Å²) in [7, 11) is 1.79. The van der Waals surface area contributed by atoms with E-state index in [1.54, 1.807) is 43.6 Å². The molecule has 142 valence electrons. The molecule has 4 aromatic rings. The Labute approximate surface area is 158 Å². The number of hydrogen-bond donors (Lipinski definition) is 1. The summed E-state index contributed by atoms with van der Waals surface area (Å²) in [5.41, 5.74) is 1.93. The molecule has 0 aliphatic rings. The van der Waals surface area contributed by atoms with Gasteiger partial charge in [-0.25, -0.2) is 9.37 Å². The zero-order chi connectivity index (χ0) is 19.9. The SMILES string of the molecule is Cn1c(-c2cccc(C(F)(F)F)c2)cc2cnc(Nc3ccc(F)cc3)cc21. The molecule has 0 radical (unpaired) electrons. The first-order chi connectivity index (χ1) is 13.3. The molecule has 0 amide bonds. The monoisotopic (exact) mass is 385 g/mol. The molecule has 0 saturated carbocycles. The fourth-order valence-electron chi connectivity index (χ4n) is 3.11. The molecular weight excluding hydrogens is 370 g/mol.